The number of aliphatic hydroxyl groups is 1. The Hall–Kier alpha value is -1.22. The van der Waals surface area contributed by atoms with Crippen molar-refractivity contribution in [2.45, 2.75) is 25.0 Å². The molecule has 1 aliphatic rings. The average Bonchev–Trinajstić information content (AvgIpc) is 2.86. The number of anilines is 1. The average molecular weight is 314 g/mol. The number of nitrogen functional groups attached to an aromatic ring is 1. The van der Waals surface area contributed by atoms with Gasteiger partial charge >= 0.3 is 0 Å². The Morgan fingerprint density at radius 3 is 3.14 bits per heavy atom. The minimum absolute atomic E-state index is 0.215. The summed E-state index contributed by atoms with van der Waals surface area (Å²) in [6.45, 7) is 2.37. The van der Waals surface area contributed by atoms with E-state index in [1.807, 2.05) is 5.38 Å². The van der Waals surface area contributed by atoms with Crippen molar-refractivity contribution in [1.29, 1.82) is 0 Å². The van der Waals surface area contributed by atoms with Crippen molar-refractivity contribution in [3.63, 3.8) is 0 Å². The van der Waals surface area contributed by atoms with Crippen LogP contribution in [0.2, 0.25) is 0 Å². The maximum Gasteiger partial charge on any atom is 0.255 e. The lowest BCUT2D eigenvalue weighted by molar-refractivity contribution is -0.157. The molecule has 0 saturated carbocycles. The first-order valence-electron chi connectivity index (χ1n) is 6.96. The Morgan fingerprint density at radius 1 is 1.67 bits per heavy atom. The highest BCUT2D eigenvalue weighted by Crippen LogP contribution is 2.22. The van der Waals surface area contributed by atoms with Gasteiger partial charge in [-0.15, -0.1) is 11.3 Å². The third-order valence-corrected chi connectivity index (χ3v) is 4.28. The maximum atomic E-state index is 12.3. The van der Waals surface area contributed by atoms with Crippen LogP contribution in [-0.2, 0) is 16.1 Å². The van der Waals surface area contributed by atoms with Gasteiger partial charge in [0, 0.05) is 38.7 Å². The van der Waals surface area contributed by atoms with Crippen molar-refractivity contribution in [2.75, 3.05) is 39.1 Å². The molecule has 21 heavy (non-hydrogen) atoms. The largest absolute Gasteiger partial charge is 0.383 e. The third-order valence-electron chi connectivity index (χ3n) is 3.56. The Balaban J connectivity index is 1.86. The number of nitrogens with two attached hydrogens (primary N) is 1. The SMILES string of the molecule is COCCN1CCC[C@@](O)(CNCc2csc(N)n2)C1=O. The van der Waals surface area contributed by atoms with Crippen LogP contribution in [0.5, 0.6) is 0 Å². The Morgan fingerprint density at radius 2 is 2.48 bits per heavy atom. The number of nitrogens with one attached hydrogen (secondary N) is 1. The van der Waals surface area contributed by atoms with Crippen molar-refractivity contribution < 1.29 is 14.6 Å². The number of carbonyl (C=O) groups excluding carboxylic acids is 1. The van der Waals surface area contributed by atoms with Gasteiger partial charge in [-0.1, -0.05) is 0 Å². The summed E-state index contributed by atoms with van der Waals surface area (Å²) in [4.78, 5) is 18.1. The molecule has 4 N–H and O–H groups in total. The molecule has 0 bridgehead atoms. The number of nitrogens with zero attached hydrogens (tertiary/aromatic N) is 2. The van der Waals surface area contributed by atoms with Crippen molar-refractivity contribution in [3.05, 3.63) is 11.1 Å². The fourth-order valence-electron chi connectivity index (χ4n) is 2.45. The van der Waals surface area contributed by atoms with Gasteiger partial charge in [-0.2, -0.15) is 0 Å². The van der Waals surface area contributed by atoms with Crippen LogP contribution in [-0.4, -0.2) is 59.8 Å². The standard InChI is InChI=1S/C13H22N4O3S/c1-20-6-5-17-4-2-3-13(19,11(17)18)9-15-7-10-8-21-12(14)16-10/h8,15,19H,2-7,9H2,1H3,(H2,14,16)/t13-/m1/s1. The molecule has 0 aliphatic carbocycles. The number of aromatic nitrogens is 1. The zero-order chi connectivity index (χ0) is 15.3. The summed E-state index contributed by atoms with van der Waals surface area (Å²) >= 11 is 1.37. The second-order valence-corrected chi connectivity index (χ2v) is 6.09. The highest BCUT2D eigenvalue weighted by atomic mass is 32.1. The molecule has 1 fully saturated rings. The molecule has 0 aromatic carbocycles. The number of amides is 1. The van der Waals surface area contributed by atoms with Crippen LogP contribution in [0.1, 0.15) is 18.5 Å². The van der Waals surface area contributed by atoms with E-state index in [1.165, 1.54) is 11.3 Å². The first-order chi connectivity index (χ1) is 10.0. The Bertz CT molecular complexity index is 482. The van der Waals surface area contributed by atoms with Crippen LogP contribution in [0.3, 0.4) is 0 Å². The molecule has 1 amide bonds. The molecule has 2 rings (SSSR count). The maximum absolute atomic E-state index is 12.3. The quantitative estimate of drug-likeness (QED) is 0.645. The number of likely N-dealkylation sites (tertiary alicyclic amines) is 1. The number of thiazole rings is 1. The van der Waals surface area contributed by atoms with Crippen molar-refractivity contribution >= 4 is 22.4 Å². The fraction of sp³-hybridized carbons (Fsp3) is 0.692. The van der Waals surface area contributed by atoms with Crippen LogP contribution >= 0.6 is 11.3 Å². The molecule has 0 radical (unpaired) electrons. The second kappa shape index (κ2) is 7.17. The van der Waals surface area contributed by atoms with Crippen LogP contribution in [0.25, 0.3) is 0 Å². The molecule has 7 nitrogen and oxygen atoms in total. The lowest BCUT2D eigenvalue weighted by Crippen LogP contribution is -2.58. The van der Waals surface area contributed by atoms with Crippen molar-refractivity contribution in [3.8, 4) is 0 Å². The lowest BCUT2D eigenvalue weighted by atomic mass is 9.91. The van der Waals surface area contributed by atoms with Crippen LogP contribution in [0, 0.1) is 0 Å². The summed E-state index contributed by atoms with van der Waals surface area (Å²) in [5, 5.41) is 16.0. The van der Waals surface area contributed by atoms with Gasteiger partial charge in [-0.3, -0.25) is 4.79 Å². The number of carbonyl (C=O) groups is 1. The minimum Gasteiger partial charge on any atom is -0.383 e. The van der Waals surface area contributed by atoms with E-state index in [0.717, 1.165) is 12.1 Å². The molecule has 118 valence electrons. The number of ether oxygens (including phenoxy) is 1. The van der Waals surface area contributed by atoms with Crippen LogP contribution in [0.15, 0.2) is 5.38 Å². The minimum atomic E-state index is -1.34. The molecule has 1 aromatic heterocycles. The summed E-state index contributed by atoms with van der Waals surface area (Å²) in [5.41, 5.74) is 5.04. The van der Waals surface area contributed by atoms with E-state index in [4.69, 9.17) is 10.5 Å². The second-order valence-electron chi connectivity index (χ2n) is 5.20. The normalized spacial score (nSPS) is 22.8. The first kappa shape index (κ1) is 16.2. The molecular formula is C13H22N4O3S. The summed E-state index contributed by atoms with van der Waals surface area (Å²) in [7, 11) is 1.60. The predicted molar refractivity (Wildman–Crippen MR) is 80.9 cm³/mol. The van der Waals surface area contributed by atoms with E-state index in [9.17, 15) is 9.90 Å². The molecule has 1 aromatic rings. The number of hydrogen-bond acceptors (Lipinski definition) is 7. The number of piperidine rings is 1. The highest BCUT2D eigenvalue weighted by Gasteiger charge is 2.41. The molecule has 1 saturated heterocycles. The molecule has 1 aliphatic heterocycles. The van der Waals surface area contributed by atoms with Crippen molar-refractivity contribution in [1.82, 2.24) is 15.2 Å². The Labute approximate surface area is 128 Å². The zero-order valence-electron chi connectivity index (χ0n) is 12.2. The van der Waals surface area contributed by atoms with Gasteiger partial charge in [0.05, 0.1) is 12.3 Å². The Kier molecular flexibility index (Phi) is 5.51. The number of rotatable bonds is 7. The van der Waals surface area contributed by atoms with Gasteiger partial charge in [0.15, 0.2) is 10.7 Å². The van der Waals surface area contributed by atoms with Gasteiger partial charge in [-0.25, -0.2) is 4.98 Å². The zero-order valence-corrected chi connectivity index (χ0v) is 13.0. The molecule has 1 atom stereocenters. The highest BCUT2D eigenvalue weighted by molar-refractivity contribution is 7.13. The van der Waals surface area contributed by atoms with Gasteiger partial charge in [0.1, 0.15) is 0 Å². The van der Waals surface area contributed by atoms with Gasteiger partial charge < -0.3 is 25.8 Å². The van der Waals surface area contributed by atoms with E-state index in [1.54, 1.807) is 12.0 Å². The topological polar surface area (TPSA) is 101 Å². The number of hydrogen-bond donors (Lipinski definition) is 3. The van der Waals surface area contributed by atoms with Gasteiger partial charge in [0.2, 0.25) is 0 Å². The first-order valence-corrected chi connectivity index (χ1v) is 7.84. The monoisotopic (exact) mass is 314 g/mol. The van der Waals surface area contributed by atoms with E-state index in [2.05, 4.69) is 10.3 Å². The predicted octanol–water partition coefficient (Wildman–Crippen LogP) is -0.185. The summed E-state index contributed by atoms with van der Waals surface area (Å²) in [6.07, 6.45) is 1.26. The molecule has 0 spiro atoms. The molecule has 8 heteroatoms. The lowest BCUT2D eigenvalue weighted by Gasteiger charge is -2.38. The van der Waals surface area contributed by atoms with E-state index >= 15 is 0 Å². The van der Waals surface area contributed by atoms with Crippen LogP contribution < -0.4 is 11.1 Å². The summed E-state index contributed by atoms with van der Waals surface area (Å²) in [6, 6.07) is 0. The smallest absolute Gasteiger partial charge is 0.255 e. The summed E-state index contributed by atoms with van der Waals surface area (Å²) in [5.74, 6) is -0.226. The van der Waals surface area contributed by atoms with Gasteiger partial charge in [-0.05, 0) is 12.8 Å². The molecule has 0 unspecified atom stereocenters. The van der Waals surface area contributed by atoms with E-state index in [-0.39, 0.29) is 12.5 Å². The molecular weight excluding hydrogens is 292 g/mol. The van der Waals surface area contributed by atoms with Crippen LogP contribution in [0.4, 0.5) is 5.13 Å². The fourth-order valence-corrected chi connectivity index (χ4v) is 3.01. The van der Waals surface area contributed by atoms with Gasteiger partial charge in [0.25, 0.3) is 5.91 Å². The molecule has 2 heterocycles. The number of methoxy groups -OCH3 is 1. The third kappa shape index (κ3) is 4.13. The van der Waals surface area contributed by atoms with E-state index in [0.29, 0.717) is 37.8 Å². The van der Waals surface area contributed by atoms with E-state index < -0.39 is 5.60 Å². The van der Waals surface area contributed by atoms with Crippen molar-refractivity contribution in [2.24, 2.45) is 0 Å². The summed E-state index contributed by atoms with van der Waals surface area (Å²) < 4.78 is 4.99.